The fourth-order valence-electron chi connectivity index (χ4n) is 2.74. The van der Waals surface area contributed by atoms with E-state index in [-0.39, 0.29) is 11.6 Å². The minimum Gasteiger partial charge on any atom is -0.340 e. The molecule has 0 radical (unpaired) electrons. The number of Topliss-reactive ketones (excluding diaryl/α,β-unsaturated/α-hetero) is 2. The van der Waals surface area contributed by atoms with Gasteiger partial charge in [-0.1, -0.05) is 23.9 Å². The number of carbonyl (C=O) groups excluding carboxylic acids is 2. The molecule has 0 aromatic heterocycles. The topological polar surface area (TPSA) is 37.4 Å². The Labute approximate surface area is 134 Å². The zero-order chi connectivity index (χ0) is 15.9. The highest BCUT2D eigenvalue weighted by Gasteiger charge is 2.26. The number of rotatable bonds is 3. The molecular formula is C18H17NO2S. The van der Waals surface area contributed by atoms with Crippen molar-refractivity contribution in [2.24, 2.45) is 0 Å². The number of hydrogen-bond acceptors (Lipinski definition) is 4. The molecule has 4 heteroatoms. The average molecular weight is 311 g/mol. The van der Waals surface area contributed by atoms with Gasteiger partial charge in [0.2, 0.25) is 0 Å². The average Bonchev–Trinajstić information content (AvgIpc) is 2.51. The van der Waals surface area contributed by atoms with E-state index in [1.54, 1.807) is 25.6 Å². The molecule has 0 N–H and O–H groups in total. The number of ketones is 2. The molecule has 3 rings (SSSR count). The molecule has 1 aliphatic rings. The van der Waals surface area contributed by atoms with E-state index in [0.717, 1.165) is 33.3 Å². The van der Waals surface area contributed by atoms with Crippen LogP contribution in [0.25, 0.3) is 0 Å². The molecule has 0 bridgehead atoms. The van der Waals surface area contributed by atoms with E-state index in [4.69, 9.17) is 0 Å². The van der Waals surface area contributed by atoms with Gasteiger partial charge in [-0.3, -0.25) is 9.59 Å². The Bertz CT molecular complexity index is 783. The van der Waals surface area contributed by atoms with Crippen LogP contribution >= 0.6 is 11.8 Å². The van der Waals surface area contributed by atoms with Crippen molar-refractivity contribution in [3.63, 3.8) is 0 Å². The van der Waals surface area contributed by atoms with Crippen LogP contribution in [0.15, 0.2) is 46.2 Å². The maximum absolute atomic E-state index is 11.9. The van der Waals surface area contributed by atoms with E-state index in [0.29, 0.717) is 5.56 Å². The predicted octanol–water partition coefficient (Wildman–Crippen LogP) is 4.71. The molecule has 1 aliphatic heterocycles. The van der Waals surface area contributed by atoms with Crippen molar-refractivity contribution in [1.29, 1.82) is 0 Å². The first-order chi connectivity index (χ1) is 10.5. The number of fused-ring (bicyclic) bond motifs is 2. The van der Waals surface area contributed by atoms with Gasteiger partial charge in [0.1, 0.15) is 0 Å². The fraction of sp³-hybridized carbons (Fsp3) is 0.222. The first kappa shape index (κ1) is 14.9. The number of benzene rings is 2. The van der Waals surface area contributed by atoms with Gasteiger partial charge in [-0.25, -0.2) is 0 Å². The van der Waals surface area contributed by atoms with Crippen molar-refractivity contribution in [3.05, 3.63) is 47.5 Å². The largest absolute Gasteiger partial charge is 0.340 e. The van der Waals surface area contributed by atoms with Crippen LogP contribution in [0, 0.1) is 0 Å². The third-order valence-corrected chi connectivity index (χ3v) is 5.03. The Hall–Kier alpha value is -2.07. The lowest BCUT2D eigenvalue weighted by molar-refractivity contribution is 0.100. The Morgan fingerprint density at radius 2 is 1.82 bits per heavy atom. The van der Waals surface area contributed by atoms with Gasteiger partial charge in [0, 0.05) is 27.5 Å². The van der Waals surface area contributed by atoms with Gasteiger partial charge in [-0.15, -0.1) is 0 Å². The fourth-order valence-corrected chi connectivity index (χ4v) is 4.03. The summed E-state index contributed by atoms with van der Waals surface area (Å²) in [5.74, 6) is 0.115. The van der Waals surface area contributed by atoms with Gasteiger partial charge >= 0.3 is 0 Å². The molecule has 112 valence electrons. The van der Waals surface area contributed by atoms with E-state index in [1.807, 2.05) is 36.4 Å². The van der Waals surface area contributed by atoms with Gasteiger partial charge in [0.05, 0.1) is 11.4 Å². The summed E-state index contributed by atoms with van der Waals surface area (Å²) >= 11 is 1.57. The van der Waals surface area contributed by atoms with Crippen LogP contribution in [0.4, 0.5) is 11.4 Å². The first-order valence-electron chi connectivity index (χ1n) is 7.27. The highest BCUT2D eigenvalue weighted by atomic mass is 32.2. The van der Waals surface area contributed by atoms with Crippen LogP contribution in [0.1, 0.15) is 41.5 Å². The maximum Gasteiger partial charge on any atom is 0.161 e. The molecule has 1 heterocycles. The summed E-state index contributed by atoms with van der Waals surface area (Å²) in [5.41, 5.74) is 3.58. The van der Waals surface area contributed by atoms with Gasteiger partial charge in [0.25, 0.3) is 0 Å². The normalized spacial score (nSPS) is 12.6. The number of hydrogen-bond donors (Lipinski definition) is 0. The van der Waals surface area contributed by atoms with Crippen molar-refractivity contribution in [3.8, 4) is 0 Å². The summed E-state index contributed by atoms with van der Waals surface area (Å²) in [6.07, 6.45) is 0. The molecule has 0 saturated carbocycles. The SMILES string of the molecule is CCN1c2ccc(C(C)=O)cc2Sc2c(C(C)=O)cccc21. The predicted molar refractivity (Wildman–Crippen MR) is 89.7 cm³/mol. The second-order valence-corrected chi connectivity index (χ2v) is 6.35. The highest BCUT2D eigenvalue weighted by molar-refractivity contribution is 7.99. The van der Waals surface area contributed by atoms with E-state index in [2.05, 4.69) is 11.8 Å². The zero-order valence-electron chi connectivity index (χ0n) is 12.8. The van der Waals surface area contributed by atoms with Crippen LogP contribution in [0.2, 0.25) is 0 Å². The lowest BCUT2D eigenvalue weighted by Crippen LogP contribution is -2.21. The van der Waals surface area contributed by atoms with Gasteiger partial charge in [-0.2, -0.15) is 0 Å². The zero-order valence-corrected chi connectivity index (χ0v) is 13.7. The smallest absolute Gasteiger partial charge is 0.161 e. The number of carbonyl (C=O) groups is 2. The molecule has 22 heavy (non-hydrogen) atoms. The van der Waals surface area contributed by atoms with E-state index in [9.17, 15) is 9.59 Å². The molecule has 0 unspecified atom stereocenters. The standard InChI is InChI=1S/C18H17NO2S/c1-4-19-15-9-8-13(11(2)20)10-17(15)22-18-14(12(3)21)6-5-7-16(18)19/h5-10H,4H2,1-3H3. The lowest BCUT2D eigenvalue weighted by atomic mass is 10.1. The first-order valence-corrected chi connectivity index (χ1v) is 8.09. The highest BCUT2D eigenvalue weighted by Crippen LogP contribution is 2.49. The lowest BCUT2D eigenvalue weighted by Gasteiger charge is -2.33. The van der Waals surface area contributed by atoms with Crippen molar-refractivity contribution < 1.29 is 9.59 Å². The summed E-state index contributed by atoms with van der Waals surface area (Å²) < 4.78 is 0. The van der Waals surface area contributed by atoms with Crippen molar-refractivity contribution in [1.82, 2.24) is 0 Å². The third kappa shape index (κ3) is 2.33. The molecule has 0 atom stereocenters. The van der Waals surface area contributed by atoms with Gasteiger partial charge in [0.15, 0.2) is 11.6 Å². The monoisotopic (exact) mass is 311 g/mol. The minimum atomic E-state index is 0.0529. The number of nitrogens with zero attached hydrogens (tertiary/aromatic N) is 1. The molecule has 3 nitrogen and oxygen atoms in total. The molecule has 0 saturated heterocycles. The summed E-state index contributed by atoms with van der Waals surface area (Å²) in [6, 6.07) is 11.6. The molecule has 2 aromatic carbocycles. The molecule has 0 spiro atoms. The van der Waals surface area contributed by atoms with E-state index < -0.39 is 0 Å². The Morgan fingerprint density at radius 1 is 1.05 bits per heavy atom. The quantitative estimate of drug-likeness (QED) is 0.769. The van der Waals surface area contributed by atoms with Crippen LogP contribution < -0.4 is 4.90 Å². The van der Waals surface area contributed by atoms with Crippen LogP contribution in [0.5, 0.6) is 0 Å². The van der Waals surface area contributed by atoms with Crippen molar-refractivity contribution in [2.45, 2.75) is 30.6 Å². The molecule has 0 aliphatic carbocycles. The van der Waals surface area contributed by atoms with E-state index >= 15 is 0 Å². The Morgan fingerprint density at radius 3 is 2.45 bits per heavy atom. The molecule has 0 fully saturated rings. The Balaban J connectivity index is 2.20. The maximum atomic E-state index is 11.9. The van der Waals surface area contributed by atoms with Crippen LogP contribution in [0.3, 0.4) is 0 Å². The third-order valence-electron chi connectivity index (χ3n) is 3.85. The van der Waals surface area contributed by atoms with Crippen LogP contribution in [-0.2, 0) is 0 Å². The summed E-state index contributed by atoms with van der Waals surface area (Å²) in [6.45, 7) is 6.06. The van der Waals surface area contributed by atoms with E-state index in [1.165, 1.54) is 0 Å². The number of anilines is 2. The van der Waals surface area contributed by atoms with Crippen molar-refractivity contribution in [2.75, 3.05) is 11.4 Å². The molecule has 2 aromatic rings. The van der Waals surface area contributed by atoms with Gasteiger partial charge in [-0.05, 0) is 45.0 Å². The second kappa shape index (κ2) is 5.61. The minimum absolute atomic E-state index is 0.0529. The summed E-state index contributed by atoms with van der Waals surface area (Å²) in [7, 11) is 0. The molecular weight excluding hydrogens is 294 g/mol. The second-order valence-electron chi connectivity index (χ2n) is 5.30. The van der Waals surface area contributed by atoms with Crippen molar-refractivity contribution >= 4 is 34.7 Å². The summed E-state index contributed by atoms with van der Waals surface area (Å²) in [4.78, 5) is 27.7. The Kier molecular flexibility index (Phi) is 3.79. The van der Waals surface area contributed by atoms with Crippen LogP contribution in [-0.4, -0.2) is 18.1 Å². The summed E-state index contributed by atoms with van der Waals surface area (Å²) in [5, 5.41) is 0. The molecule has 0 amide bonds. The van der Waals surface area contributed by atoms with Gasteiger partial charge < -0.3 is 4.90 Å².